The standard InChI is InChI=1S/C11H11FN2O2/c1-16-10-3-2-8(6-9(10)12)4-5-14-11(15)7-13/h2-3,6H,4-5H2,1H3,(H,14,15). The molecule has 16 heavy (non-hydrogen) atoms. The van der Waals surface area contributed by atoms with Crippen LogP contribution in [-0.2, 0) is 11.2 Å². The van der Waals surface area contributed by atoms with Gasteiger partial charge < -0.3 is 10.1 Å². The average Bonchev–Trinajstić information content (AvgIpc) is 2.29. The minimum absolute atomic E-state index is 0.185. The van der Waals surface area contributed by atoms with Crippen molar-refractivity contribution in [2.24, 2.45) is 0 Å². The number of hydrogen-bond acceptors (Lipinski definition) is 3. The molecule has 4 nitrogen and oxygen atoms in total. The molecular formula is C11H11FN2O2. The number of nitrogens with zero attached hydrogens (tertiary/aromatic N) is 1. The highest BCUT2D eigenvalue weighted by atomic mass is 19.1. The van der Waals surface area contributed by atoms with Crippen molar-refractivity contribution >= 4 is 5.91 Å². The van der Waals surface area contributed by atoms with Crippen LogP contribution in [0.3, 0.4) is 0 Å². The van der Waals surface area contributed by atoms with Gasteiger partial charge >= 0.3 is 5.91 Å². The molecule has 0 saturated carbocycles. The topological polar surface area (TPSA) is 62.1 Å². The van der Waals surface area contributed by atoms with E-state index < -0.39 is 11.7 Å². The van der Waals surface area contributed by atoms with E-state index in [1.165, 1.54) is 25.3 Å². The molecule has 1 amide bonds. The smallest absolute Gasteiger partial charge is 0.322 e. The van der Waals surface area contributed by atoms with E-state index in [1.54, 1.807) is 6.07 Å². The summed E-state index contributed by atoms with van der Waals surface area (Å²) in [5, 5.41) is 10.6. The van der Waals surface area contributed by atoms with Crippen LogP contribution in [0.25, 0.3) is 0 Å². The van der Waals surface area contributed by atoms with Crippen molar-refractivity contribution in [1.82, 2.24) is 5.32 Å². The summed E-state index contributed by atoms with van der Waals surface area (Å²) >= 11 is 0. The Morgan fingerprint density at radius 3 is 2.94 bits per heavy atom. The van der Waals surface area contributed by atoms with Crippen molar-refractivity contribution in [3.05, 3.63) is 29.6 Å². The zero-order chi connectivity index (χ0) is 12.0. The first-order valence-corrected chi connectivity index (χ1v) is 4.67. The monoisotopic (exact) mass is 222 g/mol. The van der Waals surface area contributed by atoms with Gasteiger partial charge in [0, 0.05) is 6.54 Å². The zero-order valence-electron chi connectivity index (χ0n) is 8.79. The second kappa shape index (κ2) is 5.71. The van der Waals surface area contributed by atoms with Crippen molar-refractivity contribution in [1.29, 1.82) is 5.26 Å². The summed E-state index contributed by atoms with van der Waals surface area (Å²) < 4.78 is 18.0. The lowest BCUT2D eigenvalue weighted by molar-refractivity contribution is -0.115. The molecule has 1 N–H and O–H groups in total. The van der Waals surface area contributed by atoms with Crippen LogP contribution in [-0.4, -0.2) is 19.6 Å². The predicted octanol–water partition coefficient (Wildman–Crippen LogP) is 1.02. The quantitative estimate of drug-likeness (QED) is 0.773. The van der Waals surface area contributed by atoms with Crippen LogP contribution in [0.15, 0.2) is 18.2 Å². The van der Waals surface area contributed by atoms with E-state index in [9.17, 15) is 9.18 Å². The number of methoxy groups -OCH3 is 1. The second-order valence-corrected chi connectivity index (χ2v) is 3.09. The molecule has 0 unspecified atom stereocenters. The molecule has 0 spiro atoms. The fourth-order valence-electron chi connectivity index (χ4n) is 1.23. The number of nitrogens with one attached hydrogen (secondary N) is 1. The lowest BCUT2D eigenvalue weighted by atomic mass is 10.1. The van der Waals surface area contributed by atoms with Crippen LogP contribution >= 0.6 is 0 Å². The van der Waals surface area contributed by atoms with Gasteiger partial charge in [0.2, 0.25) is 0 Å². The minimum Gasteiger partial charge on any atom is -0.494 e. The largest absolute Gasteiger partial charge is 0.494 e. The maximum Gasteiger partial charge on any atom is 0.322 e. The van der Waals surface area contributed by atoms with Gasteiger partial charge in [-0.05, 0) is 24.1 Å². The number of ether oxygens (including phenoxy) is 1. The Labute approximate surface area is 92.6 Å². The van der Waals surface area contributed by atoms with Gasteiger partial charge in [0.15, 0.2) is 17.6 Å². The van der Waals surface area contributed by atoms with Crippen LogP contribution in [0.5, 0.6) is 5.75 Å². The first-order valence-electron chi connectivity index (χ1n) is 4.67. The molecule has 0 heterocycles. The third-order valence-corrected chi connectivity index (χ3v) is 2.02. The van der Waals surface area contributed by atoms with E-state index in [0.717, 1.165) is 5.56 Å². The lowest BCUT2D eigenvalue weighted by Crippen LogP contribution is -2.23. The highest BCUT2D eigenvalue weighted by Gasteiger charge is 2.03. The maximum absolute atomic E-state index is 13.2. The molecule has 1 aromatic carbocycles. The highest BCUT2D eigenvalue weighted by Crippen LogP contribution is 2.17. The van der Waals surface area contributed by atoms with Crippen molar-refractivity contribution in [2.75, 3.05) is 13.7 Å². The lowest BCUT2D eigenvalue weighted by Gasteiger charge is -2.05. The molecule has 0 aliphatic heterocycles. The molecule has 0 aliphatic carbocycles. The van der Waals surface area contributed by atoms with Gasteiger partial charge in [-0.15, -0.1) is 0 Å². The van der Waals surface area contributed by atoms with Gasteiger partial charge in [-0.3, -0.25) is 4.79 Å². The molecule has 0 radical (unpaired) electrons. The van der Waals surface area contributed by atoms with E-state index in [1.807, 2.05) is 0 Å². The van der Waals surface area contributed by atoms with Crippen LogP contribution in [0.1, 0.15) is 5.56 Å². The van der Waals surface area contributed by atoms with Crippen molar-refractivity contribution < 1.29 is 13.9 Å². The number of amides is 1. The summed E-state index contributed by atoms with van der Waals surface area (Å²) in [6.07, 6.45) is 0.467. The Balaban J connectivity index is 2.53. The molecule has 0 aliphatic rings. The number of benzene rings is 1. The predicted molar refractivity (Wildman–Crippen MR) is 55.3 cm³/mol. The highest BCUT2D eigenvalue weighted by molar-refractivity contribution is 5.91. The molecule has 0 bridgehead atoms. The van der Waals surface area contributed by atoms with Gasteiger partial charge in [-0.1, -0.05) is 6.07 Å². The van der Waals surface area contributed by atoms with E-state index in [4.69, 9.17) is 10.00 Å². The number of hydrogen-bond donors (Lipinski definition) is 1. The first-order chi connectivity index (χ1) is 7.67. The number of carbonyl (C=O) groups is 1. The Hall–Kier alpha value is -2.09. The molecule has 1 aromatic rings. The summed E-state index contributed by atoms with van der Waals surface area (Å²) in [7, 11) is 1.39. The number of carbonyl (C=O) groups excluding carboxylic acids is 1. The number of nitriles is 1. The summed E-state index contributed by atoms with van der Waals surface area (Å²) in [6.45, 7) is 0.304. The number of rotatable bonds is 4. The molecule has 0 saturated heterocycles. The van der Waals surface area contributed by atoms with E-state index >= 15 is 0 Å². The molecule has 0 aromatic heterocycles. The average molecular weight is 222 g/mol. The summed E-state index contributed by atoms with van der Waals surface area (Å²) in [4.78, 5) is 10.6. The Morgan fingerprint density at radius 1 is 1.62 bits per heavy atom. The molecular weight excluding hydrogens is 211 g/mol. The molecule has 0 atom stereocenters. The third-order valence-electron chi connectivity index (χ3n) is 2.02. The van der Waals surface area contributed by atoms with E-state index in [2.05, 4.69) is 5.32 Å². The first kappa shape index (κ1) is 12.0. The molecule has 0 fully saturated rings. The maximum atomic E-state index is 13.2. The summed E-state index contributed by atoms with van der Waals surface area (Å²) in [5.41, 5.74) is 0.733. The van der Waals surface area contributed by atoms with Gasteiger partial charge in [0.1, 0.15) is 0 Å². The van der Waals surface area contributed by atoms with Gasteiger partial charge in [0.05, 0.1) is 7.11 Å². The fraction of sp³-hybridized carbons (Fsp3) is 0.273. The van der Waals surface area contributed by atoms with E-state index in [0.29, 0.717) is 13.0 Å². The number of halogens is 1. The molecule has 5 heteroatoms. The van der Waals surface area contributed by atoms with Crippen LogP contribution in [0.4, 0.5) is 4.39 Å². The summed E-state index contributed by atoms with van der Waals surface area (Å²) in [6, 6.07) is 6.01. The van der Waals surface area contributed by atoms with Crippen molar-refractivity contribution in [3.63, 3.8) is 0 Å². The normalized spacial score (nSPS) is 9.31. The third kappa shape index (κ3) is 3.24. The zero-order valence-corrected chi connectivity index (χ0v) is 8.79. The van der Waals surface area contributed by atoms with Crippen molar-refractivity contribution in [3.8, 4) is 11.8 Å². The van der Waals surface area contributed by atoms with Gasteiger partial charge in [-0.2, -0.15) is 5.26 Å². The fourth-order valence-corrected chi connectivity index (χ4v) is 1.23. The molecule has 84 valence electrons. The summed E-state index contributed by atoms with van der Waals surface area (Å²) in [5.74, 6) is -0.939. The Bertz CT molecular complexity index is 426. The van der Waals surface area contributed by atoms with Gasteiger partial charge in [-0.25, -0.2) is 4.39 Å². The molecule has 1 rings (SSSR count). The van der Waals surface area contributed by atoms with Crippen LogP contribution < -0.4 is 10.1 Å². The second-order valence-electron chi connectivity index (χ2n) is 3.09. The van der Waals surface area contributed by atoms with Gasteiger partial charge in [0.25, 0.3) is 0 Å². The van der Waals surface area contributed by atoms with Crippen molar-refractivity contribution in [2.45, 2.75) is 6.42 Å². The van der Waals surface area contributed by atoms with Crippen LogP contribution in [0, 0.1) is 17.1 Å². The van der Waals surface area contributed by atoms with Crippen LogP contribution in [0.2, 0.25) is 0 Å². The van der Waals surface area contributed by atoms with E-state index in [-0.39, 0.29) is 5.75 Å². The minimum atomic E-state index is -0.686. The Morgan fingerprint density at radius 2 is 2.38 bits per heavy atom. The Kier molecular flexibility index (Phi) is 4.28. The SMILES string of the molecule is COc1ccc(CCNC(=O)C#N)cc1F.